The van der Waals surface area contributed by atoms with Crippen molar-refractivity contribution in [3.63, 3.8) is 0 Å². The Morgan fingerprint density at radius 1 is 1.03 bits per heavy atom. The highest BCUT2D eigenvalue weighted by atomic mass is 32.1. The van der Waals surface area contributed by atoms with Gasteiger partial charge in [-0.2, -0.15) is 0 Å². The minimum Gasteiger partial charge on any atom is -0.508 e. The average molecular weight is 439 g/mol. The summed E-state index contributed by atoms with van der Waals surface area (Å²) < 4.78 is 11.2. The monoisotopic (exact) mass is 438 g/mol. The molecule has 0 spiro atoms. The molecule has 3 aromatic rings. The van der Waals surface area contributed by atoms with Crippen molar-refractivity contribution in [3.05, 3.63) is 70.4 Å². The van der Waals surface area contributed by atoms with Crippen LogP contribution in [0.1, 0.15) is 21.7 Å². The molecule has 1 aromatic heterocycles. The Morgan fingerprint density at radius 3 is 2.61 bits per heavy atom. The molecule has 0 radical (unpaired) electrons. The Bertz CT molecular complexity index is 1050. The van der Waals surface area contributed by atoms with E-state index in [-0.39, 0.29) is 17.6 Å². The smallest absolute Gasteiger partial charge is 0.261 e. The molecule has 7 nitrogen and oxygen atoms in total. The van der Waals surface area contributed by atoms with Crippen LogP contribution in [0.4, 0.5) is 5.69 Å². The molecule has 0 fully saturated rings. The second kappa shape index (κ2) is 9.53. The molecule has 1 atom stereocenters. The van der Waals surface area contributed by atoms with Gasteiger partial charge in [-0.05, 0) is 54.1 Å². The summed E-state index contributed by atoms with van der Waals surface area (Å²) in [5, 5.41) is 17.0. The van der Waals surface area contributed by atoms with Crippen molar-refractivity contribution in [2.24, 2.45) is 0 Å². The first-order valence-corrected chi connectivity index (χ1v) is 10.8. The number of phenols is 1. The highest BCUT2D eigenvalue weighted by molar-refractivity contribution is 7.12. The van der Waals surface area contributed by atoms with Gasteiger partial charge in [0.15, 0.2) is 11.5 Å². The van der Waals surface area contributed by atoms with Crippen LogP contribution in [-0.2, 0) is 11.2 Å². The molecule has 160 valence electrons. The van der Waals surface area contributed by atoms with E-state index in [0.29, 0.717) is 48.1 Å². The topological polar surface area (TPSA) is 96.9 Å². The number of hydrogen-bond acceptors (Lipinski definition) is 6. The molecule has 1 aliphatic rings. The van der Waals surface area contributed by atoms with E-state index < -0.39 is 6.04 Å². The number of aromatic hydroxyl groups is 1. The number of benzene rings is 2. The lowest BCUT2D eigenvalue weighted by molar-refractivity contribution is -0.118. The number of amides is 2. The Morgan fingerprint density at radius 2 is 1.84 bits per heavy atom. The molecule has 2 heterocycles. The summed E-state index contributed by atoms with van der Waals surface area (Å²) in [5.41, 5.74) is 1.46. The van der Waals surface area contributed by atoms with Gasteiger partial charge >= 0.3 is 0 Å². The molecule has 4 rings (SSSR count). The highest BCUT2D eigenvalue weighted by Crippen LogP contribution is 2.37. The van der Waals surface area contributed by atoms with Crippen molar-refractivity contribution in [2.45, 2.75) is 18.9 Å². The third-order valence-corrected chi connectivity index (χ3v) is 5.72. The first-order chi connectivity index (χ1) is 15.1. The molecule has 0 saturated heterocycles. The number of anilines is 1. The van der Waals surface area contributed by atoms with E-state index in [9.17, 15) is 14.7 Å². The number of hydrogen-bond donors (Lipinski definition) is 3. The third kappa shape index (κ3) is 5.16. The number of ether oxygens (including phenoxy) is 2. The van der Waals surface area contributed by atoms with Gasteiger partial charge in [0.1, 0.15) is 25.0 Å². The second-order valence-corrected chi connectivity index (χ2v) is 7.98. The van der Waals surface area contributed by atoms with Gasteiger partial charge in [-0.15, -0.1) is 11.3 Å². The number of phenolic OH excluding ortho intramolecular Hbond substituents is 1. The molecule has 2 aromatic carbocycles. The van der Waals surface area contributed by atoms with Crippen molar-refractivity contribution >= 4 is 28.8 Å². The number of rotatable bonds is 7. The van der Waals surface area contributed by atoms with Crippen LogP contribution in [0.5, 0.6) is 17.2 Å². The third-order valence-electron chi connectivity index (χ3n) is 4.85. The fourth-order valence-electron chi connectivity index (χ4n) is 3.27. The summed E-state index contributed by atoms with van der Waals surface area (Å²) >= 11 is 1.32. The summed E-state index contributed by atoms with van der Waals surface area (Å²) in [6.45, 7) is 0.857. The summed E-state index contributed by atoms with van der Waals surface area (Å²) in [6, 6.07) is 14.8. The van der Waals surface area contributed by atoms with Crippen molar-refractivity contribution in [2.75, 3.05) is 18.5 Å². The van der Waals surface area contributed by atoms with Crippen LogP contribution in [0.3, 0.4) is 0 Å². The molecular formula is C23H22N2O5S. The number of carbonyl (C=O) groups is 2. The molecule has 0 bridgehead atoms. The van der Waals surface area contributed by atoms with Gasteiger partial charge in [0.25, 0.3) is 5.91 Å². The van der Waals surface area contributed by atoms with Crippen LogP contribution in [-0.4, -0.2) is 36.2 Å². The Kier molecular flexibility index (Phi) is 6.37. The van der Waals surface area contributed by atoms with Gasteiger partial charge in [-0.1, -0.05) is 24.3 Å². The molecule has 0 aliphatic carbocycles. The predicted molar refractivity (Wildman–Crippen MR) is 118 cm³/mol. The first kappa shape index (κ1) is 20.7. The minimum absolute atomic E-state index is 0.181. The lowest BCUT2D eigenvalue weighted by Crippen LogP contribution is -2.44. The number of carbonyl (C=O) groups excluding carboxylic acids is 2. The van der Waals surface area contributed by atoms with Crippen LogP contribution in [0.15, 0.2) is 60.0 Å². The van der Waals surface area contributed by atoms with E-state index in [0.717, 1.165) is 5.56 Å². The zero-order valence-electron chi connectivity index (χ0n) is 16.7. The predicted octanol–water partition coefficient (Wildman–Crippen LogP) is 3.59. The molecular weight excluding hydrogens is 416 g/mol. The SMILES string of the molecule is O=C(NC(CCc1ccc(O)cc1)C(=O)Nc1cccc2c1OCCO2)c1cccs1. The number of para-hydroxylation sites is 1. The van der Waals surface area contributed by atoms with Crippen molar-refractivity contribution in [1.29, 1.82) is 0 Å². The largest absolute Gasteiger partial charge is 0.508 e. The maximum Gasteiger partial charge on any atom is 0.261 e. The maximum atomic E-state index is 13.1. The van der Waals surface area contributed by atoms with E-state index in [1.165, 1.54) is 11.3 Å². The first-order valence-electron chi connectivity index (χ1n) is 9.92. The summed E-state index contributed by atoms with van der Waals surface area (Å²) in [5.74, 6) is 0.609. The van der Waals surface area contributed by atoms with Gasteiger partial charge in [0, 0.05) is 0 Å². The van der Waals surface area contributed by atoms with Crippen LogP contribution in [0.25, 0.3) is 0 Å². The van der Waals surface area contributed by atoms with Crippen LogP contribution >= 0.6 is 11.3 Å². The van der Waals surface area contributed by atoms with Gasteiger partial charge in [-0.3, -0.25) is 9.59 Å². The average Bonchev–Trinajstić information content (AvgIpc) is 3.33. The molecule has 0 saturated carbocycles. The van der Waals surface area contributed by atoms with Gasteiger partial charge in [0.05, 0.1) is 10.6 Å². The molecule has 1 aliphatic heterocycles. The van der Waals surface area contributed by atoms with E-state index in [1.807, 2.05) is 5.38 Å². The van der Waals surface area contributed by atoms with Gasteiger partial charge < -0.3 is 25.2 Å². The summed E-state index contributed by atoms with van der Waals surface area (Å²) in [4.78, 5) is 26.3. The summed E-state index contributed by atoms with van der Waals surface area (Å²) in [6.07, 6.45) is 0.940. The van der Waals surface area contributed by atoms with Crippen LogP contribution in [0, 0.1) is 0 Å². The molecule has 1 unspecified atom stereocenters. The van der Waals surface area contributed by atoms with E-state index in [1.54, 1.807) is 54.6 Å². The molecule has 31 heavy (non-hydrogen) atoms. The standard InChI is InChI=1S/C23H22N2O5S/c26-16-9-6-15(7-10-16)8-11-18(25-23(28)20-5-2-14-31-20)22(27)24-17-3-1-4-19-21(17)30-13-12-29-19/h1-7,9-10,14,18,26H,8,11-13H2,(H,24,27)(H,25,28). The zero-order chi connectivity index (χ0) is 21.6. The normalized spacial score (nSPS) is 13.3. The molecule has 8 heteroatoms. The Balaban J connectivity index is 1.50. The molecule has 3 N–H and O–H groups in total. The van der Waals surface area contributed by atoms with E-state index >= 15 is 0 Å². The van der Waals surface area contributed by atoms with Gasteiger partial charge in [0.2, 0.25) is 5.91 Å². The number of nitrogens with one attached hydrogen (secondary N) is 2. The lowest BCUT2D eigenvalue weighted by Gasteiger charge is -2.23. The Labute approximate surface area is 183 Å². The fourth-order valence-corrected chi connectivity index (χ4v) is 3.90. The maximum absolute atomic E-state index is 13.1. The van der Waals surface area contributed by atoms with Crippen LogP contribution in [0.2, 0.25) is 0 Å². The highest BCUT2D eigenvalue weighted by Gasteiger charge is 2.24. The number of aryl methyl sites for hydroxylation is 1. The molecule has 2 amide bonds. The van der Waals surface area contributed by atoms with Crippen LogP contribution < -0.4 is 20.1 Å². The van der Waals surface area contributed by atoms with Crippen molar-refractivity contribution in [3.8, 4) is 17.2 Å². The van der Waals surface area contributed by atoms with Crippen molar-refractivity contribution < 1.29 is 24.2 Å². The minimum atomic E-state index is -0.760. The fraction of sp³-hybridized carbons (Fsp3) is 0.217. The van der Waals surface area contributed by atoms with Crippen molar-refractivity contribution in [1.82, 2.24) is 5.32 Å². The van der Waals surface area contributed by atoms with Gasteiger partial charge in [-0.25, -0.2) is 0 Å². The number of thiophene rings is 1. The zero-order valence-corrected chi connectivity index (χ0v) is 17.5. The van der Waals surface area contributed by atoms with E-state index in [2.05, 4.69) is 10.6 Å². The Hall–Kier alpha value is -3.52. The number of fused-ring (bicyclic) bond motifs is 1. The second-order valence-electron chi connectivity index (χ2n) is 7.03. The van der Waals surface area contributed by atoms with E-state index in [4.69, 9.17) is 9.47 Å². The summed E-state index contributed by atoms with van der Waals surface area (Å²) in [7, 11) is 0. The lowest BCUT2D eigenvalue weighted by atomic mass is 10.0. The quantitative estimate of drug-likeness (QED) is 0.524.